The van der Waals surface area contributed by atoms with Gasteiger partial charge in [-0.05, 0) is 49.6 Å². The lowest BCUT2D eigenvalue weighted by Crippen LogP contribution is -2.15. The van der Waals surface area contributed by atoms with E-state index >= 15 is 0 Å². The topological polar surface area (TPSA) is 117 Å². The van der Waals surface area contributed by atoms with Crippen molar-refractivity contribution in [3.8, 4) is 5.75 Å². The fourth-order valence-corrected chi connectivity index (χ4v) is 5.37. The van der Waals surface area contributed by atoms with E-state index in [0.717, 1.165) is 17.7 Å². The zero-order valence-corrected chi connectivity index (χ0v) is 30.6. The van der Waals surface area contributed by atoms with Crippen molar-refractivity contribution in [2.45, 2.75) is 63.7 Å². The molecular weight excluding hydrogens is 652 g/mol. The second kappa shape index (κ2) is 29.6. The molecule has 0 fully saturated rings. The standard InChI is InChI=1S/C37H60O11S/c1-3-4-5-6-7-8-9-35-12-14-36(15-13-35)47-32-30-45-28-26-43-24-22-41-20-18-40-19-21-42-23-25-44-27-29-46-31-33-48-49(38,39)37-16-10-34(2)11-17-37/h10-17H,3-9,18-33H2,1-2H3. The number of benzene rings is 2. The highest BCUT2D eigenvalue weighted by atomic mass is 32.2. The molecule has 0 amide bonds. The van der Waals surface area contributed by atoms with Crippen LogP contribution in [0, 0.1) is 6.92 Å². The van der Waals surface area contributed by atoms with E-state index in [-0.39, 0.29) is 18.1 Å². The molecule has 0 heterocycles. The van der Waals surface area contributed by atoms with Crippen LogP contribution in [0.3, 0.4) is 0 Å². The molecule has 0 saturated heterocycles. The molecule has 2 aromatic rings. The Balaban J connectivity index is 1.23. The van der Waals surface area contributed by atoms with Crippen molar-refractivity contribution < 1.29 is 50.5 Å². The monoisotopic (exact) mass is 712 g/mol. The molecule has 0 aliphatic carbocycles. The molecule has 0 saturated carbocycles. The molecular formula is C37H60O11S. The van der Waals surface area contributed by atoms with Gasteiger partial charge in [0.15, 0.2) is 0 Å². The van der Waals surface area contributed by atoms with Crippen LogP contribution in [0.2, 0.25) is 0 Å². The third kappa shape index (κ3) is 23.8. The van der Waals surface area contributed by atoms with Crippen LogP contribution in [0.4, 0.5) is 0 Å². The number of unbranched alkanes of at least 4 members (excludes halogenated alkanes) is 5. The highest BCUT2D eigenvalue weighted by molar-refractivity contribution is 7.86. The van der Waals surface area contributed by atoms with Gasteiger partial charge in [0, 0.05) is 0 Å². The van der Waals surface area contributed by atoms with Crippen LogP contribution in [0.1, 0.15) is 56.6 Å². The first-order chi connectivity index (χ1) is 24.0. The maximum Gasteiger partial charge on any atom is 0.297 e. The summed E-state index contributed by atoms with van der Waals surface area (Å²) in [4.78, 5) is 0.132. The normalized spacial score (nSPS) is 11.7. The summed E-state index contributed by atoms with van der Waals surface area (Å²) in [5, 5.41) is 0. The highest BCUT2D eigenvalue weighted by Crippen LogP contribution is 2.15. The molecule has 11 nitrogen and oxygen atoms in total. The lowest BCUT2D eigenvalue weighted by Gasteiger charge is -2.09. The Morgan fingerprint density at radius 1 is 0.469 bits per heavy atom. The summed E-state index contributed by atoms with van der Waals surface area (Å²) in [6.45, 7) is 10.8. The van der Waals surface area contributed by atoms with E-state index in [1.165, 1.54) is 56.2 Å². The Morgan fingerprint density at radius 2 is 0.878 bits per heavy atom. The van der Waals surface area contributed by atoms with Gasteiger partial charge in [0.25, 0.3) is 10.1 Å². The molecule has 0 aliphatic heterocycles. The molecule has 0 bridgehead atoms. The summed E-state index contributed by atoms with van der Waals surface area (Å²) in [5.41, 5.74) is 2.35. The number of rotatable bonds is 34. The second-order valence-electron chi connectivity index (χ2n) is 11.4. The Labute approximate surface area is 294 Å². The first-order valence-electron chi connectivity index (χ1n) is 17.7. The third-order valence-corrected chi connectivity index (χ3v) is 8.57. The number of hydrogen-bond donors (Lipinski definition) is 0. The Hall–Kier alpha value is -2.13. The number of hydrogen-bond acceptors (Lipinski definition) is 11. The van der Waals surface area contributed by atoms with Gasteiger partial charge in [-0.25, -0.2) is 0 Å². The summed E-state index contributed by atoms with van der Waals surface area (Å²) >= 11 is 0. The fourth-order valence-electron chi connectivity index (χ4n) is 4.48. The van der Waals surface area contributed by atoms with Gasteiger partial charge in [0.1, 0.15) is 12.4 Å². The van der Waals surface area contributed by atoms with Crippen molar-refractivity contribution in [2.24, 2.45) is 0 Å². The first kappa shape index (κ1) is 43.0. The van der Waals surface area contributed by atoms with Crippen LogP contribution in [-0.2, 0) is 53.9 Å². The molecule has 0 unspecified atom stereocenters. The van der Waals surface area contributed by atoms with Gasteiger partial charge in [-0.2, -0.15) is 8.42 Å². The van der Waals surface area contributed by atoms with Gasteiger partial charge in [-0.15, -0.1) is 0 Å². The molecule has 280 valence electrons. The molecule has 0 aliphatic rings. The van der Waals surface area contributed by atoms with Crippen LogP contribution >= 0.6 is 0 Å². The van der Waals surface area contributed by atoms with Crippen LogP contribution in [0.15, 0.2) is 53.4 Å². The average Bonchev–Trinajstić information content (AvgIpc) is 3.10. The van der Waals surface area contributed by atoms with Crippen molar-refractivity contribution >= 4 is 10.1 Å². The lowest BCUT2D eigenvalue weighted by molar-refractivity contribution is -0.0218. The largest absolute Gasteiger partial charge is 0.491 e. The SMILES string of the molecule is CCCCCCCCc1ccc(OCCOCCOCCOCCOCCOCCOCCOCCOS(=O)(=O)c2ccc(C)cc2)cc1. The van der Waals surface area contributed by atoms with Crippen molar-refractivity contribution in [3.05, 3.63) is 59.7 Å². The Bertz CT molecular complexity index is 1130. The van der Waals surface area contributed by atoms with Crippen molar-refractivity contribution in [1.29, 1.82) is 0 Å². The molecule has 0 radical (unpaired) electrons. The van der Waals surface area contributed by atoms with Crippen molar-refractivity contribution in [3.63, 3.8) is 0 Å². The van der Waals surface area contributed by atoms with Gasteiger partial charge in [-0.1, -0.05) is 68.9 Å². The van der Waals surface area contributed by atoms with E-state index < -0.39 is 10.1 Å². The van der Waals surface area contributed by atoms with Gasteiger partial charge in [0.05, 0.1) is 104 Å². The molecule has 12 heteroatoms. The van der Waals surface area contributed by atoms with Gasteiger partial charge in [-0.3, -0.25) is 4.18 Å². The predicted octanol–water partition coefficient (Wildman–Crippen LogP) is 5.80. The summed E-state index contributed by atoms with van der Waals surface area (Å²) in [5.74, 6) is 0.876. The minimum absolute atomic E-state index is 0.0552. The molecule has 2 rings (SSSR count). The average molecular weight is 713 g/mol. The lowest BCUT2D eigenvalue weighted by atomic mass is 10.0. The van der Waals surface area contributed by atoms with Gasteiger partial charge >= 0.3 is 0 Å². The Kier molecular flexibility index (Phi) is 26.0. The first-order valence-corrected chi connectivity index (χ1v) is 19.1. The molecule has 0 N–H and O–H groups in total. The van der Waals surface area contributed by atoms with Crippen LogP contribution in [0.25, 0.3) is 0 Å². The van der Waals surface area contributed by atoms with Crippen LogP contribution in [-0.4, -0.2) is 114 Å². The quantitative estimate of drug-likeness (QED) is 0.0648. The summed E-state index contributed by atoms with van der Waals surface area (Å²) in [6, 6.07) is 14.9. The van der Waals surface area contributed by atoms with Crippen LogP contribution < -0.4 is 4.74 Å². The minimum atomic E-state index is -3.77. The smallest absolute Gasteiger partial charge is 0.297 e. The maximum absolute atomic E-state index is 12.1. The number of ether oxygens (including phenoxy) is 8. The summed E-state index contributed by atoms with van der Waals surface area (Å²) in [7, 11) is -3.77. The zero-order chi connectivity index (χ0) is 35.1. The zero-order valence-electron chi connectivity index (χ0n) is 29.8. The van der Waals surface area contributed by atoms with Gasteiger partial charge < -0.3 is 37.9 Å². The van der Waals surface area contributed by atoms with Crippen molar-refractivity contribution in [2.75, 3.05) is 106 Å². The van der Waals surface area contributed by atoms with E-state index in [1.54, 1.807) is 12.1 Å². The van der Waals surface area contributed by atoms with E-state index in [1.807, 2.05) is 19.1 Å². The molecule has 2 aromatic carbocycles. The third-order valence-electron chi connectivity index (χ3n) is 7.25. The molecule has 49 heavy (non-hydrogen) atoms. The van der Waals surface area contributed by atoms with E-state index in [0.29, 0.717) is 92.5 Å². The highest BCUT2D eigenvalue weighted by Gasteiger charge is 2.14. The van der Waals surface area contributed by atoms with E-state index in [4.69, 9.17) is 42.1 Å². The molecule has 0 spiro atoms. The van der Waals surface area contributed by atoms with Gasteiger partial charge in [0.2, 0.25) is 0 Å². The van der Waals surface area contributed by atoms with E-state index in [9.17, 15) is 8.42 Å². The van der Waals surface area contributed by atoms with E-state index in [2.05, 4.69) is 19.1 Å². The number of aryl methyl sites for hydroxylation is 2. The summed E-state index contributed by atoms with van der Waals surface area (Å²) < 4.78 is 73.3. The molecule has 0 atom stereocenters. The summed E-state index contributed by atoms with van der Waals surface area (Å²) in [6.07, 6.45) is 9.05. The fraction of sp³-hybridized carbons (Fsp3) is 0.676. The Morgan fingerprint density at radius 3 is 1.35 bits per heavy atom. The maximum atomic E-state index is 12.1. The second-order valence-corrected chi connectivity index (χ2v) is 13.0. The van der Waals surface area contributed by atoms with Crippen LogP contribution in [0.5, 0.6) is 5.75 Å². The van der Waals surface area contributed by atoms with Crippen molar-refractivity contribution in [1.82, 2.24) is 0 Å². The minimum Gasteiger partial charge on any atom is -0.491 e. The predicted molar refractivity (Wildman–Crippen MR) is 189 cm³/mol. The molecule has 0 aromatic heterocycles.